The van der Waals surface area contributed by atoms with Crippen LogP contribution in [-0.4, -0.2) is 48.5 Å². The first-order chi connectivity index (χ1) is 9.86. The van der Waals surface area contributed by atoms with Crippen molar-refractivity contribution in [1.29, 1.82) is 0 Å². The lowest BCUT2D eigenvalue weighted by molar-refractivity contribution is -0.0559. The first kappa shape index (κ1) is 14.1. The van der Waals surface area contributed by atoms with E-state index in [2.05, 4.69) is 35.2 Å². The van der Waals surface area contributed by atoms with Gasteiger partial charge in [-0.25, -0.2) is 0 Å². The maximum atomic E-state index is 9.35. The number of aliphatic hydroxyl groups is 1. The van der Waals surface area contributed by atoms with Gasteiger partial charge in [0.2, 0.25) is 0 Å². The van der Waals surface area contributed by atoms with Crippen LogP contribution in [0.2, 0.25) is 0 Å². The lowest BCUT2D eigenvalue weighted by Gasteiger charge is -2.37. The van der Waals surface area contributed by atoms with Crippen molar-refractivity contribution < 1.29 is 9.84 Å². The molecule has 1 aromatic rings. The zero-order valence-corrected chi connectivity index (χ0v) is 12.1. The highest BCUT2D eigenvalue weighted by Gasteiger charge is 2.40. The van der Waals surface area contributed by atoms with Crippen LogP contribution in [0.15, 0.2) is 30.3 Å². The largest absolute Gasteiger partial charge is 0.396 e. The Labute approximate surface area is 121 Å². The number of fused-ring (bicyclic) bond motifs is 1. The zero-order valence-electron chi connectivity index (χ0n) is 12.1. The fraction of sp³-hybridized carbons (Fsp3) is 0.647. The Balaban J connectivity index is 1.49. The van der Waals surface area contributed by atoms with Crippen molar-refractivity contribution in [2.45, 2.75) is 37.8 Å². The SMILES string of the molecule is OC[C@H]1C[C@@H]2OCCN(CCCc3ccccc3)[C@H]2C1. The first-order valence-corrected chi connectivity index (χ1v) is 7.87. The lowest BCUT2D eigenvalue weighted by atomic mass is 10.1. The van der Waals surface area contributed by atoms with E-state index in [0.717, 1.165) is 39.0 Å². The summed E-state index contributed by atoms with van der Waals surface area (Å²) in [5, 5.41) is 9.35. The monoisotopic (exact) mass is 275 g/mol. The maximum Gasteiger partial charge on any atom is 0.0734 e. The smallest absolute Gasteiger partial charge is 0.0734 e. The topological polar surface area (TPSA) is 32.7 Å². The molecule has 3 heteroatoms. The average molecular weight is 275 g/mol. The molecule has 1 saturated carbocycles. The number of benzene rings is 1. The van der Waals surface area contributed by atoms with Crippen LogP contribution in [0.4, 0.5) is 0 Å². The van der Waals surface area contributed by atoms with Crippen LogP contribution in [0.1, 0.15) is 24.8 Å². The average Bonchev–Trinajstić information content (AvgIpc) is 2.92. The second-order valence-corrected chi connectivity index (χ2v) is 6.12. The maximum absolute atomic E-state index is 9.35. The van der Waals surface area contributed by atoms with Crippen molar-refractivity contribution in [2.75, 3.05) is 26.3 Å². The molecule has 1 aliphatic heterocycles. The van der Waals surface area contributed by atoms with Crippen molar-refractivity contribution in [3.8, 4) is 0 Å². The van der Waals surface area contributed by atoms with E-state index in [1.807, 2.05) is 0 Å². The van der Waals surface area contributed by atoms with E-state index >= 15 is 0 Å². The van der Waals surface area contributed by atoms with Gasteiger partial charge in [-0.1, -0.05) is 30.3 Å². The molecule has 1 aromatic carbocycles. The normalized spacial score (nSPS) is 30.4. The van der Waals surface area contributed by atoms with Crippen LogP contribution in [0.25, 0.3) is 0 Å². The summed E-state index contributed by atoms with van der Waals surface area (Å²) >= 11 is 0. The molecule has 1 heterocycles. The van der Waals surface area contributed by atoms with E-state index in [0.29, 0.717) is 24.7 Å². The van der Waals surface area contributed by atoms with Crippen molar-refractivity contribution >= 4 is 0 Å². The molecule has 1 aliphatic carbocycles. The van der Waals surface area contributed by atoms with Gasteiger partial charge in [0.05, 0.1) is 12.7 Å². The Morgan fingerprint density at radius 1 is 1.20 bits per heavy atom. The third-order valence-corrected chi connectivity index (χ3v) is 4.76. The molecule has 1 N–H and O–H groups in total. The molecule has 3 rings (SSSR count). The molecule has 0 unspecified atom stereocenters. The predicted octanol–water partition coefficient (Wildman–Crippen LogP) is 2.09. The molecule has 2 aliphatic rings. The summed E-state index contributed by atoms with van der Waals surface area (Å²) < 4.78 is 5.88. The fourth-order valence-corrected chi connectivity index (χ4v) is 3.68. The predicted molar refractivity (Wildman–Crippen MR) is 79.7 cm³/mol. The molecule has 20 heavy (non-hydrogen) atoms. The van der Waals surface area contributed by atoms with Crippen LogP contribution in [0, 0.1) is 5.92 Å². The second kappa shape index (κ2) is 6.70. The Hall–Kier alpha value is -0.900. The van der Waals surface area contributed by atoms with Gasteiger partial charge in [-0.05, 0) is 43.7 Å². The van der Waals surface area contributed by atoms with Crippen LogP contribution < -0.4 is 0 Å². The molecule has 0 amide bonds. The van der Waals surface area contributed by atoms with E-state index in [1.165, 1.54) is 12.0 Å². The van der Waals surface area contributed by atoms with Gasteiger partial charge < -0.3 is 9.84 Å². The summed E-state index contributed by atoms with van der Waals surface area (Å²) in [5.41, 5.74) is 1.43. The van der Waals surface area contributed by atoms with Crippen molar-refractivity contribution in [2.24, 2.45) is 5.92 Å². The highest BCUT2D eigenvalue weighted by molar-refractivity contribution is 5.14. The molecular formula is C17H25NO2. The standard InChI is InChI=1S/C17H25NO2/c19-13-15-11-16-17(12-15)20-10-9-18(16)8-4-7-14-5-2-1-3-6-14/h1-3,5-6,15-17,19H,4,7-13H2/t15-,16+,17+/m1/s1. The molecule has 3 nitrogen and oxygen atoms in total. The summed E-state index contributed by atoms with van der Waals surface area (Å²) in [4.78, 5) is 2.59. The highest BCUT2D eigenvalue weighted by atomic mass is 16.5. The number of morpholine rings is 1. The lowest BCUT2D eigenvalue weighted by Crippen LogP contribution is -2.48. The van der Waals surface area contributed by atoms with Crippen molar-refractivity contribution in [3.05, 3.63) is 35.9 Å². The number of ether oxygens (including phenoxy) is 1. The third-order valence-electron chi connectivity index (χ3n) is 4.76. The number of hydrogen-bond acceptors (Lipinski definition) is 3. The second-order valence-electron chi connectivity index (χ2n) is 6.12. The van der Waals surface area contributed by atoms with Gasteiger partial charge in [-0.2, -0.15) is 0 Å². The number of hydrogen-bond donors (Lipinski definition) is 1. The molecule has 0 bridgehead atoms. The number of rotatable bonds is 5. The molecular weight excluding hydrogens is 250 g/mol. The van der Waals surface area contributed by atoms with Crippen molar-refractivity contribution in [1.82, 2.24) is 4.90 Å². The van der Waals surface area contributed by atoms with E-state index in [9.17, 15) is 5.11 Å². The minimum Gasteiger partial charge on any atom is -0.396 e. The quantitative estimate of drug-likeness (QED) is 0.893. The fourth-order valence-electron chi connectivity index (χ4n) is 3.68. The molecule has 0 spiro atoms. The minimum atomic E-state index is 0.314. The van der Waals surface area contributed by atoms with Gasteiger partial charge in [-0.3, -0.25) is 4.90 Å². The molecule has 0 aromatic heterocycles. The van der Waals surface area contributed by atoms with Gasteiger partial charge >= 0.3 is 0 Å². The van der Waals surface area contributed by atoms with Crippen LogP contribution >= 0.6 is 0 Å². The summed E-state index contributed by atoms with van der Waals surface area (Å²) in [6.45, 7) is 3.37. The van der Waals surface area contributed by atoms with Crippen molar-refractivity contribution in [3.63, 3.8) is 0 Å². The highest BCUT2D eigenvalue weighted by Crippen LogP contribution is 2.33. The Bertz CT molecular complexity index is 409. The zero-order chi connectivity index (χ0) is 13.8. The summed E-state index contributed by atoms with van der Waals surface area (Å²) in [6.07, 6.45) is 4.86. The van der Waals surface area contributed by atoms with Crippen LogP contribution in [0.3, 0.4) is 0 Å². The molecule has 3 atom stereocenters. The summed E-state index contributed by atoms with van der Waals surface area (Å²) in [6, 6.07) is 11.3. The van der Waals surface area contributed by atoms with Gasteiger partial charge in [0.1, 0.15) is 0 Å². The van der Waals surface area contributed by atoms with Gasteiger partial charge in [0.25, 0.3) is 0 Å². The van der Waals surface area contributed by atoms with Gasteiger partial charge in [0.15, 0.2) is 0 Å². The molecule has 2 fully saturated rings. The molecule has 0 radical (unpaired) electrons. The number of nitrogens with zero attached hydrogens (tertiary/aromatic N) is 1. The Morgan fingerprint density at radius 2 is 2.05 bits per heavy atom. The molecule has 110 valence electrons. The van der Waals surface area contributed by atoms with Gasteiger partial charge in [0, 0.05) is 19.2 Å². The number of aliphatic hydroxyl groups excluding tert-OH is 1. The number of aryl methyl sites for hydroxylation is 1. The molecule has 1 saturated heterocycles. The Kier molecular flexibility index (Phi) is 4.71. The van der Waals surface area contributed by atoms with Gasteiger partial charge in [-0.15, -0.1) is 0 Å². The van der Waals surface area contributed by atoms with Crippen LogP contribution in [-0.2, 0) is 11.2 Å². The first-order valence-electron chi connectivity index (χ1n) is 7.87. The summed E-state index contributed by atoms with van der Waals surface area (Å²) in [7, 11) is 0. The van der Waals surface area contributed by atoms with E-state index < -0.39 is 0 Å². The van der Waals surface area contributed by atoms with E-state index in [-0.39, 0.29) is 0 Å². The summed E-state index contributed by atoms with van der Waals surface area (Å²) in [5.74, 6) is 0.444. The van der Waals surface area contributed by atoms with E-state index in [4.69, 9.17) is 4.74 Å². The van der Waals surface area contributed by atoms with Crippen LogP contribution in [0.5, 0.6) is 0 Å². The minimum absolute atomic E-state index is 0.314. The Morgan fingerprint density at radius 3 is 2.85 bits per heavy atom. The third kappa shape index (κ3) is 3.22. The van der Waals surface area contributed by atoms with E-state index in [1.54, 1.807) is 0 Å².